The summed E-state index contributed by atoms with van der Waals surface area (Å²) < 4.78 is 6.06. The molecule has 2 rings (SSSR count). The van der Waals surface area contributed by atoms with Crippen LogP contribution in [0.4, 0.5) is 0 Å². The van der Waals surface area contributed by atoms with Crippen molar-refractivity contribution in [3.63, 3.8) is 0 Å². The predicted octanol–water partition coefficient (Wildman–Crippen LogP) is 2.57. The normalized spacial score (nSPS) is 22.7. The van der Waals surface area contributed by atoms with Crippen molar-refractivity contribution in [3.8, 4) is 0 Å². The zero-order valence-corrected chi connectivity index (χ0v) is 13.8. The van der Waals surface area contributed by atoms with Gasteiger partial charge in [-0.2, -0.15) is 0 Å². The van der Waals surface area contributed by atoms with Gasteiger partial charge in [-0.3, -0.25) is 4.79 Å². The molecule has 1 aliphatic carbocycles. The molecule has 0 aromatic carbocycles. The van der Waals surface area contributed by atoms with Gasteiger partial charge in [-0.1, -0.05) is 26.7 Å². The Hall–Kier alpha value is -0.610. The van der Waals surface area contributed by atoms with Gasteiger partial charge >= 0.3 is 0 Å². The summed E-state index contributed by atoms with van der Waals surface area (Å²) in [6.45, 7) is 8.14. The lowest BCUT2D eigenvalue weighted by molar-refractivity contribution is -0.149. The van der Waals surface area contributed by atoms with Crippen LogP contribution in [-0.4, -0.2) is 49.2 Å². The minimum Gasteiger partial charge on any atom is -0.365 e. The Bertz CT molecular complexity index is 308. The molecule has 0 bridgehead atoms. The number of nitrogens with one attached hydrogen (secondary N) is 1. The number of carbonyl (C=O) groups is 1. The van der Waals surface area contributed by atoms with Gasteiger partial charge in [-0.05, 0) is 51.1 Å². The first-order valence-electron chi connectivity index (χ1n) is 8.89. The molecule has 4 heteroatoms. The van der Waals surface area contributed by atoms with Gasteiger partial charge in [0.25, 0.3) is 5.91 Å². The molecule has 1 amide bonds. The summed E-state index contributed by atoms with van der Waals surface area (Å²) in [7, 11) is 0. The molecule has 122 valence electrons. The molecule has 0 spiro atoms. The quantitative estimate of drug-likeness (QED) is 0.785. The van der Waals surface area contributed by atoms with Crippen molar-refractivity contribution < 1.29 is 9.53 Å². The molecule has 2 fully saturated rings. The average Bonchev–Trinajstić information content (AvgIpc) is 3.03. The lowest BCUT2D eigenvalue weighted by Gasteiger charge is -2.34. The fraction of sp³-hybridized carbons (Fsp3) is 0.941. The minimum atomic E-state index is -0.210. The van der Waals surface area contributed by atoms with Gasteiger partial charge in [0.1, 0.15) is 6.10 Å². The summed E-state index contributed by atoms with van der Waals surface area (Å²) >= 11 is 0. The number of hydrogen-bond donors (Lipinski definition) is 1. The van der Waals surface area contributed by atoms with E-state index in [1.807, 2.05) is 4.90 Å². The summed E-state index contributed by atoms with van der Waals surface area (Å²) in [5.41, 5.74) is 0. The van der Waals surface area contributed by atoms with E-state index in [0.717, 1.165) is 64.2 Å². The molecule has 1 aliphatic heterocycles. The molecule has 0 radical (unpaired) electrons. The van der Waals surface area contributed by atoms with Crippen LogP contribution in [0.3, 0.4) is 0 Å². The van der Waals surface area contributed by atoms with E-state index in [0.29, 0.717) is 6.10 Å². The number of carbonyl (C=O) groups excluding carboxylic acids is 1. The standard InChI is InChI=1S/C17H32N2O2/c1-3-16(21-15-7-5-6-8-15)17(20)19-11-9-14(10-12-19)13-18-4-2/h14-16,18H,3-13H2,1-2H3. The maximum Gasteiger partial charge on any atom is 0.251 e. The molecule has 2 aliphatic rings. The Morgan fingerprint density at radius 3 is 2.43 bits per heavy atom. The Balaban J connectivity index is 1.76. The second-order valence-corrected chi connectivity index (χ2v) is 6.52. The van der Waals surface area contributed by atoms with E-state index in [4.69, 9.17) is 4.74 Å². The van der Waals surface area contributed by atoms with Gasteiger partial charge in [0.15, 0.2) is 0 Å². The summed E-state index contributed by atoms with van der Waals surface area (Å²) in [6.07, 6.45) is 7.94. The maximum absolute atomic E-state index is 12.6. The van der Waals surface area contributed by atoms with E-state index in [9.17, 15) is 4.79 Å². The third-order valence-electron chi connectivity index (χ3n) is 4.91. The Kier molecular flexibility index (Phi) is 6.97. The molecule has 0 aromatic heterocycles. The van der Waals surface area contributed by atoms with E-state index in [1.165, 1.54) is 12.8 Å². The van der Waals surface area contributed by atoms with Crippen molar-refractivity contribution in [3.05, 3.63) is 0 Å². The highest BCUT2D eigenvalue weighted by atomic mass is 16.5. The highest BCUT2D eigenvalue weighted by Crippen LogP contribution is 2.24. The van der Waals surface area contributed by atoms with Crippen LogP contribution in [0.15, 0.2) is 0 Å². The molecule has 21 heavy (non-hydrogen) atoms. The molecule has 1 saturated heterocycles. The largest absolute Gasteiger partial charge is 0.365 e. The smallest absolute Gasteiger partial charge is 0.251 e. The van der Waals surface area contributed by atoms with Crippen molar-refractivity contribution in [2.75, 3.05) is 26.2 Å². The highest BCUT2D eigenvalue weighted by molar-refractivity contribution is 5.81. The molecule has 1 atom stereocenters. The maximum atomic E-state index is 12.6. The van der Waals surface area contributed by atoms with E-state index < -0.39 is 0 Å². The average molecular weight is 296 g/mol. The van der Waals surface area contributed by atoms with E-state index in [2.05, 4.69) is 19.2 Å². The van der Waals surface area contributed by atoms with Gasteiger partial charge < -0.3 is 15.0 Å². The number of ether oxygens (including phenoxy) is 1. The van der Waals surface area contributed by atoms with Crippen LogP contribution in [0.2, 0.25) is 0 Å². The summed E-state index contributed by atoms with van der Waals surface area (Å²) in [6, 6.07) is 0. The number of hydrogen-bond acceptors (Lipinski definition) is 3. The van der Waals surface area contributed by atoms with Gasteiger partial charge in [-0.15, -0.1) is 0 Å². The summed E-state index contributed by atoms with van der Waals surface area (Å²) in [5, 5.41) is 3.42. The first-order valence-corrected chi connectivity index (χ1v) is 8.89. The van der Waals surface area contributed by atoms with Crippen molar-refractivity contribution >= 4 is 5.91 Å². The Labute approximate surface area is 129 Å². The van der Waals surface area contributed by atoms with Gasteiger partial charge in [0.05, 0.1) is 6.10 Å². The van der Waals surface area contributed by atoms with E-state index in [-0.39, 0.29) is 12.0 Å². The molecular weight excluding hydrogens is 264 g/mol. The summed E-state index contributed by atoms with van der Waals surface area (Å²) in [4.78, 5) is 14.7. The molecule has 1 heterocycles. The number of likely N-dealkylation sites (tertiary alicyclic amines) is 1. The molecular formula is C17H32N2O2. The molecule has 1 unspecified atom stereocenters. The minimum absolute atomic E-state index is 0.210. The van der Waals surface area contributed by atoms with Gasteiger partial charge in [0, 0.05) is 13.1 Å². The fourth-order valence-electron chi connectivity index (χ4n) is 3.50. The molecule has 4 nitrogen and oxygen atoms in total. The van der Waals surface area contributed by atoms with Crippen LogP contribution in [0.25, 0.3) is 0 Å². The van der Waals surface area contributed by atoms with Crippen LogP contribution in [-0.2, 0) is 9.53 Å². The zero-order valence-electron chi connectivity index (χ0n) is 13.8. The first kappa shape index (κ1) is 16.8. The molecule has 1 N–H and O–H groups in total. The van der Waals surface area contributed by atoms with Gasteiger partial charge in [0.2, 0.25) is 0 Å². The van der Waals surface area contributed by atoms with Crippen LogP contribution >= 0.6 is 0 Å². The number of rotatable bonds is 7. The van der Waals surface area contributed by atoms with Crippen molar-refractivity contribution in [2.45, 2.75) is 71.0 Å². The van der Waals surface area contributed by atoms with Crippen molar-refractivity contribution in [2.24, 2.45) is 5.92 Å². The number of piperidine rings is 1. The fourth-order valence-corrected chi connectivity index (χ4v) is 3.50. The van der Waals surface area contributed by atoms with Crippen LogP contribution < -0.4 is 5.32 Å². The second-order valence-electron chi connectivity index (χ2n) is 6.52. The predicted molar refractivity (Wildman–Crippen MR) is 85.3 cm³/mol. The lowest BCUT2D eigenvalue weighted by Crippen LogP contribution is -2.46. The SMILES string of the molecule is CCNCC1CCN(C(=O)C(CC)OC2CCCC2)CC1. The third-order valence-corrected chi connectivity index (χ3v) is 4.91. The second kappa shape index (κ2) is 8.74. The van der Waals surface area contributed by atoms with Crippen molar-refractivity contribution in [1.82, 2.24) is 10.2 Å². The van der Waals surface area contributed by atoms with Crippen molar-refractivity contribution in [1.29, 1.82) is 0 Å². The van der Waals surface area contributed by atoms with Crippen LogP contribution in [0.5, 0.6) is 0 Å². The first-order chi connectivity index (χ1) is 10.2. The van der Waals surface area contributed by atoms with Crippen LogP contribution in [0, 0.1) is 5.92 Å². The number of nitrogens with zero attached hydrogens (tertiary/aromatic N) is 1. The zero-order chi connectivity index (χ0) is 15.1. The third kappa shape index (κ3) is 4.96. The Morgan fingerprint density at radius 1 is 1.19 bits per heavy atom. The highest BCUT2D eigenvalue weighted by Gasteiger charge is 2.30. The van der Waals surface area contributed by atoms with Gasteiger partial charge in [-0.25, -0.2) is 0 Å². The van der Waals surface area contributed by atoms with E-state index >= 15 is 0 Å². The Morgan fingerprint density at radius 2 is 1.86 bits per heavy atom. The monoisotopic (exact) mass is 296 g/mol. The van der Waals surface area contributed by atoms with E-state index in [1.54, 1.807) is 0 Å². The topological polar surface area (TPSA) is 41.6 Å². The molecule has 1 saturated carbocycles. The number of amides is 1. The van der Waals surface area contributed by atoms with Crippen LogP contribution in [0.1, 0.15) is 58.8 Å². The summed E-state index contributed by atoms with van der Waals surface area (Å²) in [5.74, 6) is 0.955. The molecule has 0 aromatic rings. The lowest BCUT2D eigenvalue weighted by atomic mass is 9.96.